The van der Waals surface area contributed by atoms with E-state index in [1.165, 1.54) is 25.3 Å². The number of nitro groups is 1. The molecule has 1 fully saturated rings. The fraction of sp³-hybridized carbons (Fsp3) is 0.385. The number of ether oxygens (including phenoxy) is 1. The summed E-state index contributed by atoms with van der Waals surface area (Å²) >= 11 is 0. The minimum Gasteiger partial charge on any atom is -0.490 e. The van der Waals surface area contributed by atoms with Gasteiger partial charge in [0, 0.05) is 30.6 Å². The fourth-order valence-electron chi connectivity index (χ4n) is 2.10. The second-order valence-corrected chi connectivity index (χ2v) is 4.66. The Morgan fingerprint density at radius 3 is 2.86 bits per heavy atom. The molecule has 1 saturated heterocycles. The highest BCUT2D eigenvalue weighted by Crippen LogP contribution is 2.27. The van der Waals surface area contributed by atoms with E-state index in [4.69, 9.17) is 4.74 Å². The topological polar surface area (TPSA) is 111 Å². The van der Waals surface area contributed by atoms with Crippen molar-refractivity contribution in [3.05, 3.63) is 33.9 Å². The molecule has 0 saturated carbocycles. The minimum absolute atomic E-state index is 0.0411. The van der Waals surface area contributed by atoms with Gasteiger partial charge < -0.3 is 15.4 Å². The average molecular weight is 293 g/mol. The Balaban J connectivity index is 2.10. The lowest BCUT2D eigenvalue weighted by Crippen LogP contribution is -2.47. The monoisotopic (exact) mass is 293 g/mol. The van der Waals surface area contributed by atoms with Gasteiger partial charge in [0.15, 0.2) is 5.75 Å². The van der Waals surface area contributed by atoms with Crippen LogP contribution in [0.5, 0.6) is 5.75 Å². The van der Waals surface area contributed by atoms with Crippen LogP contribution in [0.3, 0.4) is 0 Å². The Hall–Kier alpha value is -2.64. The molecular weight excluding hydrogens is 278 g/mol. The highest BCUT2D eigenvalue weighted by molar-refractivity contribution is 5.95. The van der Waals surface area contributed by atoms with E-state index in [9.17, 15) is 19.7 Å². The molecule has 1 aromatic rings. The zero-order chi connectivity index (χ0) is 15.4. The number of benzene rings is 1. The maximum atomic E-state index is 12.1. The standard InChI is InChI=1S/C13H15N3O5/c1-21-11-4-2-8(6-10(11)16(19)20)13(18)15-9-3-5-12(17)14-7-9/h2,4,6,9H,3,5,7H2,1H3,(H,14,17)(H,15,18). The Morgan fingerprint density at radius 1 is 1.52 bits per heavy atom. The molecule has 0 bridgehead atoms. The summed E-state index contributed by atoms with van der Waals surface area (Å²) in [5, 5.41) is 16.3. The number of carbonyl (C=O) groups is 2. The predicted octanol–water partition coefficient (Wildman–Crippen LogP) is 0.612. The first-order valence-electron chi connectivity index (χ1n) is 6.41. The largest absolute Gasteiger partial charge is 0.490 e. The summed E-state index contributed by atoms with van der Waals surface area (Å²) in [5.41, 5.74) is -0.0819. The first-order valence-corrected chi connectivity index (χ1v) is 6.41. The quantitative estimate of drug-likeness (QED) is 0.624. The van der Waals surface area contributed by atoms with Crippen molar-refractivity contribution in [2.75, 3.05) is 13.7 Å². The summed E-state index contributed by atoms with van der Waals surface area (Å²) in [6, 6.07) is 3.85. The third-order valence-corrected chi connectivity index (χ3v) is 3.24. The van der Waals surface area contributed by atoms with Gasteiger partial charge in [0.1, 0.15) is 0 Å². The molecule has 0 radical (unpaired) electrons. The molecule has 2 N–H and O–H groups in total. The number of hydrogen-bond acceptors (Lipinski definition) is 5. The molecule has 1 unspecified atom stereocenters. The summed E-state index contributed by atoms with van der Waals surface area (Å²) in [4.78, 5) is 33.5. The molecule has 21 heavy (non-hydrogen) atoms. The lowest BCUT2D eigenvalue weighted by molar-refractivity contribution is -0.385. The molecule has 0 spiro atoms. The van der Waals surface area contributed by atoms with E-state index in [2.05, 4.69) is 10.6 Å². The van der Waals surface area contributed by atoms with E-state index in [1.54, 1.807) is 0 Å². The third kappa shape index (κ3) is 3.47. The molecule has 1 atom stereocenters. The SMILES string of the molecule is COc1ccc(C(=O)NC2CCC(=O)NC2)cc1[N+](=O)[O-]. The van der Waals surface area contributed by atoms with Crippen molar-refractivity contribution in [1.82, 2.24) is 10.6 Å². The Labute approximate surface area is 120 Å². The summed E-state index contributed by atoms with van der Waals surface area (Å²) in [7, 11) is 1.33. The van der Waals surface area contributed by atoms with E-state index >= 15 is 0 Å². The third-order valence-electron chi connectivity index (χ3n) is 3.24. The predicted molar refractivity (Wildman–Crippen MR) is 73.1 cm³/mol. The normalized spacial score (nSPS) is 17.8. The van der Waals surface area contributed by atoms with Crippen LogP contribution in [0, 0.1) is 10.1 Å². The maximum Gasteiger partial charge on any atom is 0.311 e. The number of piperidine rings is 1. The van der Waals surface area contributed by atoms with Gasteiger partial charge >= 0.3 is 5.69 Å². The lowest BCUT2D eigenvalue weighted by atomic mass is 10.1. The van der Waals surface area contributed by atoms with Crippen molar-refractivity contribution < 1.29 is 19.2 Å². The van der Waals surface area contributed by atoms with Crippen LogP contribution in [0.4, 0.5) is 5.69 Å². The molecule has 8 nitrogen and oxygen atoms in total. The zero-order valence-electron chi connectivity index (χ0n) is 11.4. The molecular formula is C13H15N3O5. The van der Waals surface area contributed by atoms with Gasteiger partial charge in [-0.1, -0.05) is 0 Å². The number of nitro benzene ring substituents is 1. The molecule has 2 amide bonds. The van der Waals surface area contributed by atoms with Crippen LogP contribution in [0.2, 0.25) is 0 Å². The summed E-state index contributed by atoms with van der Waals surface area (Å²) in [5.74, 6) is -0.357. The van der Waals surface area contributed by atoms with Gasteiger partial charge in [0.05, 0.1) is 12.0 Å². The van der Waals surface area contributed by atoms with Gasteiger partial charge in [-0.3, -0.25) is 19.7 Å². The van der Waals surface area contributed by atoms with Gasteiger partial charge in [-0.15, -0.1) is 0 Å². The second kappa shape index (κ2) is 6.21. The Kier molecular flexibility index (Phi) is 4.36. The highest BCUT2D eigenvalue weighted by Gasteiger charge is 2.22. The van der Waals surface area contributed by atoms with Gasteiger partial charge in [0.25, 0.3) is 5.91 Å². The van der Waals surface area contributed by atoms with Crippen LogP contribution in [0.1, 0.15) is 23.2 Å². The number of carbonyl (C=O) groups excluding carboxylic acids is 2. The van der Waals surface area contributed by atoms with Crippen molar-refractivity contribution in [3.8, 4) is 5.75 Å². The molecule has 8 heteroatoms. The molecule has 2 rings (SSSR count). The van der Waals surface area contributed by atoms with E-state index in [-0.39, 0.29) is 28.9 Å². The van der Waals surface area contributed by atoms with Gasteiger partial charge in [-0.25, -0.2) is 0 Å². The van der Waals surface area contributed by atoms with Crippen LogP contribution in [-0.2, 0) is 4.79 Å². The maximum absolute atomic E-state index is 12.1. The smallest absolute Gasteiger partial charge is 0.311 e. The molecule has 0 aliphatic carbocycles. The molecule has 112 valence electrons. The number of methoxy groups -OCH3 is 1. The van der Waals surface area contributed by atoms with Gasteiger partial charge in [-0.2, -0.15) is 0 Å². The average Bonchev–Trinajstić information content (AvgIpc) is 2.48. The van der Waals surface area contributed by atoms with Crippen molar-refractivity contribution in [1.29, 1.82) is 0 Å². The van der Waals surface area contributed by atoms with Crippen LogP contribution >= 0.6 is 0 Å². The lowest BCUT2D eigenvalue weighted by Gasteiger charge is -2.23. The van der Waals surface area contributed by atoms with Crippen LogP contribution in [0.25, 0.3) is 0 Å². The van der Waals surface area contributed by atoms with Crippen LogP contribution in [0.15, 0.2) is 18.2 Å². The van der Waals surface area contributed by atoms with Crippen molar-refractivity contribution in [2.24, 2.45) is 0 Å². The summed E-state index contributed by atoms with van der Waals surface area (Å²) in [6.45, 7) is 0.364. The van der Waals surface area contributed by atoms with Crippen molar-refractivity contribution >= 4 is 17.5 Å². The first kappa shape index (κ1) is 14.8. The van der Waals surface area contributed by atoms with Crippen LogP contribution in [-0.4, -0.2) is 36.4 Å². The van der Waals surface area contributed by atoms with Crippen molar-refractivity contribution in [3.63, 3.8) is 0 Å². The highest BCUT2D eigenvalue weighted by atomic mass is 16.6. The number of nitrogens with zero attached hydrogens (tertiary/aromatic N) is 1. The Morgan fingerprint density at radius 2 is 2.29 bits per heavy atom. The molecule has 1 aromatic carbocycles. The van der Waals surface area contributed by atoms with E-state index in [0.29, 0.717) is 19.4 Å². The number of amides is 2. The van der Waals surface area contributed by atoms with E-state index in [1.807, 2.05) is 0 Å². The molecule has 1 aliphatic rings. The van der Waals surface area contributed by atoms with E-state index in [0.717, 1.165) is 0 Å². The minimum atomic E-state index is -0.601. The Bertz CT molecular complexity index is 577. The molecule has 1 heterocycles. The van der Waals surface area contributed by atoms with Crippen LogP contribution < -0.4 is 15.4 Å². The summed E-state index contributed by atoms with van der Waals surface area (Å²) in [6.07, 6.45) is 0.906. The molecule has 1 aliphatic heterocycles. The van der Waals surface area contributed by atoms with Crippen molar-refractivity contribution in [2.45, 2.75) is 18.9 Å². The van der Waals surface area contributed by atoms with Gasteiger partial charge in [-0.05, 0) is 18.6 Å². The summed E-state index contributed by atoms with van der Waals surface area (Å²) < 4.78 is 4.88. The fourth-order valence-corrected chi connectivity index (χ4v) is 2.10. The number of hydrogen-bond donors (Lipinski definition) is 2. The second-order valence-electron chi connectivity index (χ2n) is 4.66. The first-order chi connectivity index (χ1) is 10.0. The number of nitrogens with one attached hydrogen (secondary N) is 2. The molecule has 0 aromatic heterocycles. The van der Waals surface area contributed by atoms with Gasteiger partial charge in [0.2, 0.25) is 5.91 Å². The van der Waals surface area contributed by atoms with E-state index < -0.39 is 10.8 Å². The zero-order valence-corrected chi connectivity index (χ0v) is 11.4. The number of rotatable bonds is 4.